The van der Waals surface area contributed by atoms with Gasteiger partial charge >= 0.3 is 0 Å². The van der Waals surface area contributed by atoms with Gasteiger partial charge in [0.15, 0.2) is 0 Å². The SMILES string of the molecule is NC(=O)C(N)CC1CCC(O)CC1. The van der Waals surface area contributed by atoms with Crippen molar-refractivity contribution in [3.05, 3.63) is 0 Å². The van der Waals surface area contributed by atoms with Crippen molar-refractivity contribution in [2.24, 2.45) is 17.4 Å². The van der Waals surface area contributed by atoms with Gasteiger partial charge in [-0.1, -0.05) is 0 Å². The maximum atomic E-state index is 10.7. The fourth-order valence-corrected chi connectivity index (χ4v) is 1.86. The molecule has 1 aliphatic rings. The minimum Gasteiger partial charge on any atom is -0.393 e. The average Bonchev–Trinajstić information content (AvgIpc) is 2.08. The molecule has 1 unspecified atom stereocenters. The number of rotatable bonds is 3. The molecule has 4 heteroatoms. The summed E-state index contributed by atoms with van der Waals surface area (Å²) in [6, 6.07) is -0.514. The third-order valence-corrected chi connectivity index (χ3v) is 2.77. The van der Waals surface area contributed by atoms with Crippen molar-refractivity contribution in [3.63, 3.8) is 0 Å². The lowest BCUT2D eigenvalue weighted by molar-refractivity contribution is -0.119. The first-order chi connectivity index (χ1) is 6.09. The van der Waals surface area contributed by atoms with Gasteiger partial charge in [0, 0.05) is 0 Å². The molecule has 0 radical (unpaired) electrons. The summed E-state index contributed by atoms with van der Waals surface area (Å²) < 4.78 is 0. The summed E-state index contributed by atoms with van der Waals surface area (Å²) in [6.07, 6.45) is 4.10. The fraction of sp³-hybridized carbons (Fsp3) is 0.889. The van der Waals surface area contributed by atoms with Gasteiger partial charge in [0.25, 0.3) is 0 Å². The molecule has 0 bridgehead atoms. The van der Waals surface area contributed by atoms with Gasteiger partial charge in [-0.3, -0.25) is 4.79 Å². The Kier molecular flexibility index (Phi) is 3.69. The molecule has 1 aliphatic carbocycles. The first kappa shape index (κ1) is 10.5. The molecule has 0 aromatic rings. The number of primary amides is 1. The largest absolute Gasteiger partial charge is 0.393 e. The van der Waals surface area contributed by atoms with Crippen LogP contribution in [0.25, 0.3) is 0 Å². The molecular formula is C9H18N2O2. The Balaban J connectivity index is 2.26. The Bertz CT molecular complexity index is 176. The maximum absolute atomic E-state index is 10.7. The molecule has 1 amide bonds. The predicted molar refractivity (Wildman–Crippen MR) is 49.8 cm³/mol. The van der Waals surface area contributed by atoms with Crippen LogP contribution in [0.15, 0.2) is 0 Å². The molecule has 0 aliphatic heterocycles. The summed E-state index contributed by atoms with van der Waals surface area (Å²) in [4.78, 5) is 10.7. The summed E-state index contributed by atoms with van der Waals surface area (Å²) in [7, 11) is 0. The van der Waals surface area contributed by atoms with E-state index >= 15 is 0 Å². The Morgan fingerprint density at radius 2 is 1.92 bits per heavy atom. The average molecular weight is 186 g/mol. The third kappa shape index (κ3) is 3.32. The number of hydrogen-bond acceptors (Lipinski definition) is 3. The van der Waals surface area contributed by atoms with Crippen LogP contribution in [0.5, 0.6) is 0 Å². The van der Waals surface area contributed by atoms with Gasteiger partial charge in [0.2, 0.25) is 5.91 Å². The van der Waals surface area contributed by atoms with E-state index in [1.165, 1.54) is 0 Å². The van der Waals surface area contributed by atoms with Crippen LogP contribution in [0.4, 0.5) is 0 Å². The van der Waals surface area contributed by atoms with Gasteiger partial charge in [-0.05, 0) is 38.0 Å². The number of aliphatic hydroxyl groups excluding tert-OH is 1. The van der Waals surface area contributed by atoms with Gasteiger partial charge in [0.05, 0.1) is 12.1 Å². The summed E-state index contributed by atoms with van der Waals surface area (Å²) >= 11 is 0. The van der Waals surface area contributed by atoms with E-state index in [0.717, 1.165) is 25.7 Å². The van der Waals surface area contributed by atoms with Crippen LogP contribution in [-0.4, -0.2) is 23.2 Å². The Labute approximate surface area is 78.3 Å². The lowest BCUT2D eigenvalue weighted by atomic mass is 9.83. The smallest absolute Gasteiger partial charge is 0.234 e. The number of aliphatic hydroxyl groups is 1. The zero-order chi connectivity index (χ0) is 9.84. The van der Waals surface area contributed by atoms with Crippen molar-refractivity contribution >= 4 is 5.91 Å². The highest BCUT2D eigenvalue weighted by Crippen LogP contribution is 2.27. The van der Waals surface area contributed by atoms with Crippen molar-refractivity contribution in [2.75, 3.05) is 0 Å². The van der Waals surface area contributed by atoms with Crippen molar-refractivity contribution in [1.82, 2.24) is 0 Å². The zero-order valence-electron chi connectivity index (χ0n) is 7.78. The van der Waals surface area contributed by atoms with Crippen LogP contribution in [0.2, 0.25) is 0 Å². The van der Waals surface area contributed by atoms with Crippen molar-refractivity contribution in [1.29, 1.82) is 0 Å². The number of hydrogen-bond donors (Lipinski definition) is 3. The molecule has 13 heavy (non-hydrogen) atoms. The summed E-state index contributed by atoms with van der Waals surface area (Å²) in [5.74, 6) is 0.0389. The van der Waals surface area contributed by atoms with Crippen LogP contribution in [-0.2, 0) is 4.79 Å². The van der Waals surface area contributed by atoms with Gasteiger partial charge in [0.1, 0.15) is 0 Å². The molecule has 1 saturated carbocycles. The van der Waals surface area contributed by atoms with Gasteiger partial charge < -0.3 is 16.6 Å². The van der Waals surface area contributed by atoms with Crippen molar-refractivity contribution in [2.45, 2.75) is 44.2 Å². The second kappa shape index (κ2) is 4.58. The standard InChI is InChI=1S/C9H18N2O2/c10-8(9(11)13)5-6-1-3-7(12)4-2-6/h6-8,12H,1-5,10H2,(H2,11,13). The highest BCUT2D eigenvalue weighted by atomic mass is 16.3. The van der Waals surface area contributed by atoms with Crippen LogP contribution >= 0.6 is 0 Å². The molecule has 1 fully saturated rings. The Hall–Kier alpha value is -0.610. The van der Waals surface area contributed by atoms with E-state index in [1.54, 1.807) is 0 Å². The van der Waals surface area contributed by atoms with Crippen molar-refractivity contribution < 1.29 is 9.90 Å². The lowest BCUT2D eigenvalue weighted by Crippen LogP contribution is -2.38. The molecule has 0 saturated heterocycles. The van der Waals surface area contributed by atoms with E-state index < -0.39 is 11.9 Å². The monoisotopic (exact) mass is 186 g/mol. The highest BCUT2D eigenvalue weighted by Gasteiger charge is 2.22. The maximum Gasteiger partial charge on any atom is 0.234 e. The normalized spacial score (nSPS) is 31.2. The second-order valence-corrected chi connectivity index (χ2v) is 3.92. The highest BCUT2D eigenvalue weighted by molar-refractivity contribution is 5.79. The summed E-state index contributed by atoms with van der Waals surface area (Å²) in [5, 5.41) is 9.25. The molecule has 5 N–H and O–H groups in total. The Morgan fingerprint density at radius 1 is 1.38 bits per heavy atom. The molecule has 76 valence electrons. The third-order valence-electron chi connectivity index (χ3n) is 2.77. The number of amides is 1. The van der Waals surface area contributed by atoms with E-state index in [1.807, 2.05) is 0 Å². The van der Waals surface area contributed by atoms with E-state index in [-0.39, 0.29) is 6.10 Å². The molecule has 1 rings (SSSR count). The van der Waals surface area contributed by atoms with Crippen LogP contribution in [0.3, 0.4) is 0 Å². The molecule has 0 aromatic heterocycles. The first-order valence-electron chi connectivity index (χ1n) is 4.82. The number of nitrogens with two attached hydrogens (primary N) is 2. The zero-order valence-corrected chi connectivity index (χ0v) is 7.78. The molecular weight excluding hydrogens is 168 g/mol. The van der Waals surface area contributed by atoms with E-state index in [4.69, 9.17) is 11.5 Å². The van der Waals surface area contributed by atoms with Crippen molar-refractivity contribution in [3.8, 4) is 0 Å². The van der Waals surface area contributed by atoms with Gasteiger partial charge in [-0.2, -0.15) is 0 Å². The quantitative estimate of drug-likeness (QED) is 0.567. The molecule has 0 heterocycles. The summed E-state index contributed by atoms with van der Waals surface area (Å²) in [5.41, 5.74) is 10.6. The Morgan fingerprint density at radius 3 is 2.38 bits per heavy atom. The topological polar surface area (TPSA) is 89.3 Å². The second-order valence-electron chi connectivity index (χ2n) is 3.92. The first-order valence-corrected chi connectivity index (χ1v) is 4.82. The minimum absolute atomic E-state index is 0.152. The molecule has 4 nitrogen and oxygen atoms in total. The van der Waals surface area contributed by atoms with Gasteiger partial charge in [-0.15, -0.1) is 0 Å². The number of carbonyl (C=O) groups is 1. The predicted octanol–water partition coefficient (Wildman–Crippen LogP) is -0.260. The minimum atomic E-state index is -0.514. The van der Waals surface area contributed by atoms with Crippen LogP contribution in [0, 0.1) is 5.92 Å². The molecule has 0 spiro atoms. The molecule has 1 atom stereocenters. The summed E-state index contributed by atoms with van der Waals surface area (Å²) in [6.45, 7) is 0. The van der Waals surface area contributed by atoms with E-state index in [9.17, 15) is 9.90 Å². The number of carbonyl (C=O) groups excluding carboxylic acids is 1. The van der Waals surface area contributed by atoms with Crippen LogP contribution < -0.4 is 11.5 Å². The lowest BCUT2D eigenvalue weighted by Gasteiger charge is -2.26. The fourth-order valence-electron chi connectivity index (χ4n) is 1.86. The van der Waals surface area contributed by atoms with E-state index in [0.29, 0.717) is 12.3 Å². The van der Waals surface area contributed by atoms with Gasteiger partial charge in [-0.25, -0.2) is 0 Å². The molecule has 0 aromatic carbocycles. The van der Waals surface area contributed by atoms with E-state index in [2.05, 4.69) is 0 Å². The van der Waals surface area contributed by atoms with Crippen LogP contribution in [0.1, 0.15) is 32.1 Å².